The summed E-state index contributed by atoms with van der Waals surface area (Å²) in [5.41, 5.74) is -0.0280. The summed E-state index contributed by atoms with van der Waals surface area (Å²) in [5.74, 6) is 1.62. The van der Waals surface area contributed by atoms with Gasteiger partial charge in [-0.05, 0) is 36.8 Å². The number of methoxy groups -OCH3 is 1. The van der Waals surface area contributed by atoms with E-state index in [9.17, 15) is 9.90 Å². The Labute approximate surface area is 144 Å². The van der Waals surface area contributed by atoms with Gasteiger partial charge in [0, 0.05) is 33.2 Å². The quantitative estimate of drug-likeness (QED) is 0.801. The molecule has 1 unspecified atom stereocenters. The fourth-order valence-electron chi connectivity index (χ4n) is 3.18. The van der Waals surface area contributed by atoms with Gasteiger partial charge in [-0.15, -0.1) is 0 Å². The SMILES string of the molecule is CCc1ccc(C(COC)NC(=O)N2CCC(CC)(CO)CC2)o1. The Morgan fingerprint density at radius 2 is 2.12 bits per heavy atom. The van der Waals surface area contributed by atoms with Gasteiger partial charge in [0.25, 0.3) is 0 Å². The summed E-state index contributed by atoms with van der Waals surface area (Å²) in [6.07, 6.45) is 3.43. The van der Waals surface area contributed by atoms with Crippen LogP contribution in [0.2, 0.25) is 0 Å². The molecule has 2 rings (SSSR count). The maximum absolute atomic E-state index is 12.6. The Morgan fingerprint density at radius 1 is 1.42 bits per heavy atom. The summed E-state index contributed by atoms with van der Waals surface area (Å²) < 4.78 is 11.0. The molecule has 2 N–H and O–H groups in total. The van der Waals surface area contributed by atoms with Crippen molar-refractivity contribution in [3.05, 3.63) is 23.7 Å². The molecular weight excluding hydrogens is 308 g/mol. The smallest absolute Gasteiger partial charge is 0.318 e. The minimum Gasteiger partial charge on any atom is -0.464 e. The molecule has 2 amide bonds. The van der Waals surface area contributed by atoms with E-state index < -0.39 is 0 Å². The van der Waals surface area contributed by atoms with E-state index in [-0.39, 0.29) is 24.1 Å². The average molecular weight is 338 g/mol. The lowest BCUT2D eigenvalue weighted by Crippen LogP contribution is -2.49. The van der Waals surface area contributed by atoms with E-state index in [2.05, 4.69) is 12.2 Å². The molecule has 0 spiro atoms. The van der Waals surface area contributed by atoms with Crippen LogP contribution in [0.5, 0.6) is 0 Å². The number of ether oxygens (including phenoxy) is 1. The third kappa shape index (κ3) is 4.30. The highest BCUT2D eigenvalue weighted by Crippen LogP contribution is 2.34. The molecule has 0 saturated carbocycles. The fourth-order valence-corrected chi connectivity index (χ4v) is 3.18. The minimum absolute atomic E-state index is 0.0280. The van der Waals surface area contributed by atoms with Crippen molar-refractivity contribution < 1.29 is 19.1 Å². The zero-order valence-electron chi connectivity index (χ0n) is 15.0. The zero-order valence-corrected chi connectivity index (χ0v) is 15.0. The lowest BCUT2D eigenvalue weighted by atomic mass is 9.77. The number of likely N-dealkylation sites (tertiary alicyclic amines) is 1. The summed E-state index contributed by atoms with van der Waals surface area (Å²) in [7, 11) is 1.61. The maximum Gasteiger partial charge on any atom is 0.318 e. The van der Waals surface area contributed by atoms with Crippen molar-refractivity contribution in [3.63, 3.8) is 0 Å². The molecule has 6 heteroatoms. The molecule has 0 aliphatic carbocycles. The van der Waals surface area contributed by atoms with Crippen LogP contribution in [0.15, 0.2) is 16.5 Å². The number of nitrogens with zero attached hydrogens (tertiary/aromatic N) is 1. The largest absolute Gasteiger partial charge is 0.464 e. The molecule has 1 aromatic rings. The highest BCUT2D eigenvalue weighted by atomic mass is 16.5. The number of hydrogen-bond acceptors (Lipinski definition) is 4. The molecule has 1 aliphatic heterocycles. The van der Waals surface area contributed by atoms with E-state index in [0.717, 1.165) is 37.2 Å². The van der Waals surface area contributed by atoms with E-state index in [1.54, 1.807) is 7.11 Å². The predicted molar refractivity (Wildman–Crippen MR) is 91.9 cm³/mol. The number of aliphatic hydroxyl groups excluding tert-OH is 1. The molecule has 2 heterocycles. The number of rotatable bonds is 7. The Morgan fingerprint density at radius 3 is 2.62 bits per heavy atom. The lowest BCUT2D eigenvalue weighted by Gasteiger charge is -2.40. The Hall–Kier alpha value is -1.53. The van der Waals surface area contributed by atoms with Crippen LogP contribution in [0, 0.1) is 5.41 Å². The Balaban J connectivity index is 1.96. The van der Waals surface area contributed by atoms with Crippen LogP contribution >= 0.6 is 0 Å². The highest BCUT2D eigenvalue weighted by Gasteiger charge is 2.34. The van der Waals surface area contributed by atoms with E-state index >= 15 is 0 Å². The van der Waals surface area contributed by atoms with Crippen molar-refractivity contribution in [2.75, 3.05) is 33.4 Å². The number of amides is 2. The van der Waals surface area contributed by atoms with Crippen molar-refractivity contribution >= 4 is 6.03 Å². The van der Waals surface area contributed by atoms with Crippen LogP contribution < -0.4 is 5.32 Å². The number of furan rings is 1. The van der Waals surface area contributed by atoms with Gasteiger partial charge < -0.3 is 24.5 Å². The van der Waals surface area contributed by atoms with Gasteiger partial charge in [-0.2, -0.15) is 0 Å². The molecular formula is C18H30N2O4. The van der Waals surface area contributed by atoms with Crippen LogP contribution in [0.3, 0.4) is 0 Å². The van der Waals surface area contributed by atoms with E-state index in [4.69, 9.17) is 9.15 Å². The van der Waals surface area contributed by atoms with Crippen molar-refractivity contribution in [1.29, 1.82) is 0 Å². The molecule has 1 fully saturated rings. The Kier molecular flexibility index (Phi) is 6.69. The first-order valence-electron chi connectivity index (χ1n) is 8.81. The van der Waals surface area contributed by atoms with E-state index in [1.807, 2.05) is 24.0 Å². The summed E-state index contributed by atoms with van der Waals surface area (Å²) in [6, 6.07) is 3.43. The standard InChI is InChI=1S/C18H30N2O4/c1-4-14-6-7-16(24-14)15(12-23-3)19-17(22)20-10-8-18(5-2,13-21)9-11-20/h6-7,15,21H,4-5,8-13H2,1-3H3,(H,19,22). The second kappa shape index (κ2) is 8.53. The van der Waals surface area contributed by atoms with Gasteiger partial charge in [-0.3, -0.25) is 0 Å². The van der Waals surface area contributed by atoms with Crippen LogP contribution in [-0.2, 0) is 11.2 Å². The third-order valence-corrected chi connectivity index (χ3v) is 5.20. The van der Waals surface area contributed by atoms with Crippen LogP contribution in [-0.4, -0.2) is 49.5 Å². The molecule has 136 valence electrons. The number of piperidine rings is 1. The zero-order chi connectivity index (χ0) is 17.6. The van der Waals surface area contributed by atoms with Gasteiger partial charge in [0.1, 0.15) is 17.6 Å². The van der Waals surface area contributed by atoms with Crippen LogP contribution in [0.25, 0.3) is 0 Å². The first-order valence-corrected chi connectivity index (χ1v) is 8.81. The van der Waals surface area contributed by atoms with Crippen molar-refractivity contribution in [2.24, 2.45) is 5.41 Å². The molecule has 24 heavy (non-hydrogen) atoms. The number of hydrogen-bond donors (Lipinski definition) is 2. The molecule has 0 bridgehead atoms. The average Bonchev–Trinajstić information content (AvgIpc) is 3.10. The molecule has 0 aromatic carbocycles. The van der Waals surface area contributed by atoms with Gasteiger partial charge in [-0.1, -0.05) is 13.8 Å². The van der Waals surface area contributed by atoms with Crippen LogP contribution in [0.4, 0.5) is 4.79 Å². The molecule has 1 aliphatic rings. The summed E-state index contributed by atoms with van der Waals surface area (Å²) in [4.78, 5) is 14.4. The summed E-state index contributed by atoms with van der Waals surface area (Å²) >= 11 is 0. The monoisotopic (exact) mass is 338 g/mol. The maximum atomic E-state index is 12.6. The first-order chi connectivity index (χ1) is 11.6. The topological polar surface area (TPSA) is 74.9 Å². The number of carbonyl (C=O) groups excluding carboxylic acids is 1. The van der Waals surface area contributed by atoms with Crippen molar-refractivity contribution in [2.45, 2.75) is 45.6 Å². The van der Waals surface area contributed by atoms with Crippen LogP contribution in [0.1, 0.15) is 50.7 Å². The van der Waals surface area contributed by atoms with Gasteiger partial charge >= 0.3 is 6.03 Å². The van der Waals surface area contributed by atoms with E-state index in [0.29, 0.717) is 19.7 Å². The number of nitrogens with one attached hydrogen (secondary N) is 1. The number of aliphatic hydroxyl groups is 1. The molecule has 1 atom stereocenters. The van der Waals surface area contributed by atoms with Crippen molar-refractivity contribution in [3.8, 4) is 0 Å². The Bertz CT molecular complexity index is 515. The summed E-state index contributed by atoms with van der Waals surface area (Å²) in [5, 5.41) is 12.6. The second-order valence-corrected chi connectivity index (χ2v) is 6.61. The molecule has 6 nitrogen and oxygen atoms in total. The number of carbonyl (C=O) groups is 1. The van der Waals surface area contributed by atoms with Gasteiger partial charge in [-0.25, -0.2) is 4.79 Å². The fraction of sp³-hybridized carbons (Fsp3) is 0.722. The first kappa shape index (κ1) is 18.8. The van der Waals surface area contributed by atoms with Crippen molar-refractivity contribution in [1.82, 2.24) is 10.2 Å². The van der Waals surface area contributed by atoms with Gasteiger partial charge in [0.05, 0.1) is 6.61 Å². The number of urea groups is 1. The van der Waals surface area contributed by atoms with Gasteiger partial charge in [0.2, 0.25) is 0 Å². The molecule has 0 radical (unpaired) electrons. The lowest BCUT2D eigenvalue weighted by molar-refractivity contribution is 0.0503. The van der Waals surface area contributed by atoms with Gasteiger partial charge in [0.15, 0.2) is 0 Å². The van der Waals surface area contributed by atoms with E-state index in [1.165, 1.54) is 0 Å². The molecule has 1 saturated heterocycles. The second-order valence-electron chi connectivity index (χ2n) is 6.61. The minimum atomic E-state index is -0.293. The normalized spacial score (nSPS) is 18.4. The predicted octanol–water partition coefficient (Wildman–Crippen LogP) is 2.72. The summed E-state index contributed by atoms with van der Waals surface area (Å²) in [6.45, 7) is 6.02. The highest BCUT2D eigenvalue weighted by molar-refractivity contribution is 5.74. The molecule has 1 aromatic heterocycles. The third-order valence-electron chi connectivity index (χ3n) is 5.20. The number of aryl methyl sites for hydroxylation is 1.